The molecule has 0 spiro atoms. The topological polar surface area (TPSA) is 15.3 Å². The number of nitrogens with zero attached hydrogens (tertiary/aromatic N) is 1. The van der Waals surface area contributed by atoms with Crippen molar-refractivity contribution in [2.75, 3.05) is 27.2 Å². The molecule has 15 heavy (non-hydrogen) atoms. The summed E-state index contributed by atoms with van der Waals surface area (Å²) in [6, 6.07) is 2.75. The lowest BCUT2D eigenvalue weighted by molar-refractivity contribution is 0.261. The third-order valence-electron chi connectivity index (χ3n) is 2.88. The van der Waals surface area contributed by atoms with Gasteiger partial charge in [-0.1, -0.05) is 0 Å². The normalized spacial score (nSPS) is 13.4. The van der Waals surface area contributed by atoms with Gasteiger partial charge in [-0.2, -0.15) is 0 Å². The van der Waals surface area contributed by atoms with E-state index in [1.165, 1.54) is 16.9 Å². The summed E-state index contributed by atoms with van der Waals surface area (Å²) in [6.07, 6.45) is 1.21. The molecule has 0 aliphatic rings. The molecule has 1 heterocycles. The van der Waals surface area contributed by atoms with Crippen molar-refractivity contribution in [3.63, 3.8) is 0 Å². The van der Waals surface area contributed by atoms with Crippen molar-refractivity contribution in [2.45, 2.75) is 26.3 Å². The molecule has 1 unspecified atom stereocenters. The van der Waals surface area contributed by atoms with E-state index in [4.69, 9.17) is 0 Å². The minimum atomic E-state index is 0.543. The van der Waals surface area contributed by atoms with Crippen molar-refractivity contribution in [3.05, 3.63) is 21.9 Å². The summed E-state index contributed by atoms with van der Waals surface area (Å²) in [5.74, 6) is 0. The number of thiophene rings is 1. The molecule has 1 aromatic heterocycles. The molecule has 1 aromatic rings. The standard InChI is InChI=1S/C12H22N2S/c1-10-6-9-15-12(10)11(2)14(4)8-5-7-13-3/h6,9,11,13H,5,7-8H2,1-4H3. The lowest BCUT2D eigenvalue weighted by Gasteiger charge is -2.24. The Balaban J connectivity index is 2.46. The molecule has 2 nitrogen and oxygen atoms in total. The van der Waals surface area contributed by atoms with Gasteiger partial charge in [0.05, 0.1) is 0 Å². The zero-order chi connectivity index (χ0) is 11.3. The first-order valence-electron chi connectivity index (χ1n) is 5.55. The largest absolute Gasteiger partial charge is 0.320 e. The van der Waals surface area contributed by atoms with Crippen LogP contribution < -0.4 is 5.32 Å². The first-order chi connectivity index (χ1) is 7.16. The summed E-state index contributed by atoms with van der Waals surface area (Å²) >= 11 is 1.87. The van der Waals surface area contributed by atoms with E-state index in [2.05, 4.69) is 42.6 Å². The van der Waals surface area contributed by atoms with Gasteiger partial charge in [0.2, 0.25) is 0 Å². The first-order valence-corrected chi connectivity index (χ1v) is 6.43. The molecule has 1 atom stereocenters. The summed E-state index contributed by atoms with van der Waals surface area (Å²) < 4.78 is 0. The van der Waals surface area contributed by atoms with Crippen molar-refractivity contribution < 1.29 is 0 Å². The summed E-state index contributed by atoms with van der Waals surface area (Å²) in [6.45, 7) is 6.74. The second-order valence-electron chi connectivity index (χ2n) is 4.08. The second kappa shape index (κ2) is 6.26. The minimum Gasteiger partial charge on any atom is -0.320 e. The van der Waals surface area contributed by atoms with Gasteiger partial charge in [0, 0.05) is 10.9 Å². The molecule has 1 N–H and O–H groups in total. The monoisotopic (exact) mass is 226 g/mol. The molecule has 0 fully saturated rings. The van der Waals surface area contributed by atoms with Crippen LogP contribution in [0.3, 0.4) is 0 Å². The predicted molar refractivity (Wildman–Crippen MR) is 68.6 cm³/mol. The van der Waals surface area contributed by atoms with Crippen LogP contribution in [0.15, 0.2) is 11.4 Å². The van der Waals surface area contributed by atoms with E-state index in [1.54, 1.807) is 0 Å². The van der Waals surface area contributed by atoms with Crippen LogP contribution in [0.25, 0.3) is 0 Å². The Bertz CT molecular complexity index is 283. The van der Waals surface area contributed by atoms with Crippen LogP contribution in [0.5, 0.6) is 0 Å². The zero-order valence-corrected chi connectivity index (χ0v) is 11.0. The van der Waals surface area contributed by atoms with Crippen molar-refractivity contribution in [3.8, 4) is 0 Å². The second-order valence-corrected chi connectivity index (χ2v) is 5.03. The Kier molecular flexibility index (Phi) is 5.29. The van der Waals surface area contributed by atoms with E-state index in [9.17, 15) is 0 Å². The Morgan fingerprint density at radius 3 is 2.80 bits per heavy atom. The zero-order valence-electron chi connectivity index (χ0n) is 10.2. The van der Waals surface area contributed by atoms with E-state index in [0.717, 1.165) is 13.1 Å². The molecule has 0 aromatic carbocycles. The first kappa shape index (κ1) is 12.7. The van der Waals surface area contributed by atoms with E-state index in [1.807, 2.05) is 18.4 Å². The van der Waals surface area contributed by atoms with Crippen LogP contribution in [0, 0.1) is 6.92 Å². The van der Waals surface area contributed by atoms with Crippen LogP contribution in [-0.4, -0.2) is 32.1 Å². The number of nitrogens with one attached hydrogen (secondary N) is 1. The number of hydrogen-bond acceptors (Lipinski definition) is 3. The van der Waals surface area contributed by atoms with Gasteiger partial charge in [0.1, 0.15) is 0 Å². The Hall–Kier alpha value is -0.380. The Labute approximate surface area is 97.3 Å². The van der Waals surface area contributed by atoms with Crippen LogP contribution in [0.2, 0.25) is 0 Å². The van der Waals surface area contributed by atoms with Crippen molar-refractivity contribution >= 4 is 11.3 Å². The summed E-state index contributed by atoms with van der Waals surface area (Å²) in [7, 11) is 4.21. The maximum atomic E-state index is 3.18. The molecule has 0 amide bonds. The number of hydrogen-bond donors (Lipinski definition) is 1. The fourth-order valence-electron chi connectivity index (χ4n) is 1.71. The number of aryl methyl sites for hydroxylation is 1. The minimum absolute atomic E-state index is 0.543. The summed E-state index contributed by atoms with van der Waals surface area (Å²) in [5, 5.41) is 5.37. The third kappa shape index (κ3) is 3.59. The highest BCUT2D eigenvalue weighted by atomic mass is 32.1. The maximum absolute atomic E-state index is 3.18. The Morgan fingerprint density at radius 1 is 1.53 bits per heavy atom. The highest BCUT2D eigenvalue weighted by molar-refractivity contribution is 7.10. The average Bonchev–Trinajstić information content (AvgIpc) is 2.63. The van der Waals surface area contributed by atoms with Gasteiger partial charge < -0.3 is 5.32 Å². The fraction of sp³-hybridized carbons (Fsp3) is 0.667. The Morgan fingerprint density at radius 2 is 2.27 bits per heavy atom. The van der Waals surface area contributed by atoms with Crippen LogP contribution in [-0.2, 0) is 0 Å². The van der Waals surface area contributed by atoms with E-state index in [0.29, 0.717) is 6.04 Å². The third-order valence-corrected chi connectivity index (χ3v) is 4.07. The molecule has 3 heteroatoms. The molecule has 0 aliphatic carbocycles. The average molecular weight is 226 g/mol. The molecule has 0 saturated carbocycles. The van der Waals surface area contributed by atoms with Gasteiger partial charge in [-0.15, -0.1) is 11.3 Å². The lowest BCUT2D eigenvalue weighted by Crippen LogP contribution is -2.25. The van der Waals surface area contributed by atoms with Crippen molar-refractivity contribution in [1.29, 1.82) is 0 Å². The van der Waals surface area contributed by atoms with Gasteiger partial charge in [0.25, 0.3) is 0 Å². The predicted octanol–water partition coefficient (Wildman–Crippen LogP) is 2.66. The van der Waals surface area contributed by atoms with Gasteiger partial charge in [-0.25, -0.2) is 0 Å². The molecular weight excluding hydrogens is 204 g/mol. The van der Waals surface area contributed by atoms with Crippen LogP contribution >= 0.6 is 11.3 Å². The van der Waals surface area contributed by atoms with E-state index in [-0.39, 0.29) is 0 Å². The van der Waals surface area contributed by atoms with Gasteiger partial charge in [-0.05, 0) is 64.5 Å². The number of rotatable bonds is 6. The van der Waals surface area contributed by atoms with Gasteiger partial charge >= 0.3 is 0 Å². The van der Waals surface area contributed by atoms with Crippen LogP contribution in [0.4, 0.5) is 0 Å². The highest BCUT2D eigenvalue weighted by Gasteiger charge is 2.14. The summed E-state index contributed by atoms with van der Waals surface area (Å²) in [5.41, 5.74) is 1.42. The molecule has 0 saturated heterocycles. The molecular formula is C12H22N2S. The SMILES string of the molecule is CNCCCN(C)C(C)c1sccc1C. The lowest BCUT2D eigenvalue weighted by atomic mass is 10.1. The quantitative estimate of drug-likeness (QED) is 0.750. The maximum Gasteiger partial charge on any atom is 0.0412 e. The van der Waals surface area contributed by atoms with E-state index >= 15 is 0 Å². The molecule has 1 rings (SSSR count). The van der Waals surface area contributed by atoms with E-state index < -0.39 is 0 Å². The smallest absolute Gasteiger partial charge is 0.0412 e. The van der Waals surface area contributed by atoms with Crippen molar-refractivity contribution in [2.24, 2.45) is 0 Å². The molecule has 0 aliphatic heterocycles. The van der Waals surface area contributed by atoms with Gasteiger partial charge in [-0.3, -0.25) is 4.90 Å². The molecule has 86 valence electrons. The summed E-state index contributed by atoms with van der Waals surface area (Å²) in [4.78, 5) is 3.93. The van der Waals surface area contributed by atoms with Crippen molar-refractivity contribution in [1.82, 2.24) is 10.2 Å². The highest BCUT2D eigenvalue weighted by Crippen LogP contribution is 2.27. The molecule has 0 bridgehead atoms. The van der Waals surface area contributed by atoms with Gasteiger partial charge in [0.15, 0.2) is 0 Å². The molecule has 0 radical (unpaired) electrons. The fourth-order valence-corrected chi connectivity index (χ4v) is 2.76. The van der Waals surface area contributed by atoms with Crippen LogP contribution in [0.1, 0.15) is 29.8 Å².